The summed E-state index contributed by atoms with van der Waals surface area (Å²) >= 11 is 4.94. The Hall–Kier alpha value is -3.11. The minimum absolute atomic E-state index is 0.0988. The molecule has 0 saturated heterocycles. The molecule has 30 heavy (non-hydrogen) atoms. The van der Waals surface area contributed by atoms with E-state index in [0.717, 1.165) is 16.1 Å². The molecule has 0 unspecified atom stereocenters. The maximum absolute atomic E-state index is 13.5. The SMILES string of the molecule is Cc1cc2c(=O)n(-c3ccccc3C)c(Cn3nc(Br)c4c(N)ncnc43)nc2s1. The van der Waals surface area contributed by atoms with Crippen molar-refractivity contribution in [2.75, 3.05) is 5.73 Å². The maximum atomic E-state index is 13.5. The van der Waals surface area contributed by atoms with Gasteiger partial charge in [0.2, 0.25) is 0 Å². The van der Waals surface area contributed by atoms with Gasteiger partial charge in [0.15, 0.2) is 5.65 Å². The number of aryl methyl sites for hydroxylation is 2. The molecule has 0 saturated carbocycles. The molecule has 8 nitrogen and oxygen atoms in total. The number of nitrogen functional groups attached to an aromatic ring is 1. The largest absolute Gasteiger partial charge is 0.383 e. The Kier molecular flexibility index (Phi) is 4.40. The van der Waals surface area contributed by atoms with Crippen LogP contribution in [0.2, 0.25) is 0 Å². The second kappa shape index (κ2) is 6.99. The first kappa shape index (κ1) is 18.9. The lowest BCUT2D eigenvalue weighted by molar-refractivity contribution is 0.646. The van der Waals surface area contributed by atoms with Gasteiger partial charge in [0.05, 0.1) is 16.5 Å². The van der Waals surface area contributed by atoms with Gasteiger partial charge in [0, 0.05) is 4.88 Å². The summed E-state index contributed by atoms with van der Waals surface area (Å²) in [5.41, 5.74) is 8.25. The zero-order chi connectivity index (χ0) is 21.0. The van der Waals surface area contributed by atoms with E-state index in [9.17, 15) is 4.79 Å². The number of thiophene rings is 1. The molecule has 10 heteroatoms. The molecule has 0 fully saturated rings. The Bertz CT molecular complexity index is 1500. The summed E-state index contributed by atoms with van der Waals surface area (Å²) in [6.45, 7) is 4.19. The molecule has 2 N–H and O–H groups in total. The standard InChI is InChI=1S/C20H16BrN7OS/c1-10-5-3-4-6-13(10)28-14(25-19-12(20(28)29)7-11(2)30-19)8-27-18-15(16(21)26-27)17(22)23-9-24-18/h3-7,9H,8H2,1-2H3,(H2,22,23,24). The van der Waals surface area contributed by atoms with Crippen LogP contribution in [0, 0.1) is 13.8 Å². The van der Waals surface area contributed by atoms with Crippen LogP contribution in [0.4, 0.5) is 5.82 Å². The maximum Gasteiger partial charge on any atom is 0.266 e. The molecule has 0 atom stereocenters. The van der Waals surface area contributed by atoms with Crippen molar-refractivity contribution in [3.8, 4) is 5.69 Å². The van der Waals surface area contributed by atoms with E-state index in [2.05, 4.69) is 31.0 Å². The van der Waals surface area contributed by atoms with Gasteiger partial charge in [-0.15, -0.1) is 11.3 Å². The van der Waals surface area contributed by atoms with Gasteiger partial charge < -0.3 is 5.73 Å². The number of benzene rings is 1. The van der Waals surface area contributed by atoms with E-state index in [4.69, 9.17) is 10.7 Å². The Morgan fingerprint density at radius 2 is 2.00 bits per heavy atom. The summed E-state index contributed by atoms with van der Waals surface area (Å²) in [5, 5.41) is 5.76. The summed E-state index contributed by atoms with van der Waals surface area (Å²) in [7, 11) is 0. The summed E-state index contributed by atoms with van der Waals surface area (Å²) in [5.74, 6) is 0.907. The van der Waals surface area contributed by atoms with Crippen LogP contribution in [0.1, 0.15) is 16.3 Å². The number of nitrogens with two attached hydrogens (primary N) is 1. The van der Waals surface area contributed by atoms with E-state index in [1.807, 2.05) is 44.2 Å². The third kappa shape index (κ3) is 2.91. The lowest BCUT2D eigenvalue weighted by atomic mass is 10.2. The van der Waals surface area contributed by atoms with Crippen LogP contribution in [0.15, 0.2) is 46.1 Å². The van der Waals surface area contributed by atoms with Crippen molar-refractivity contribution in [1.29, 1.82) is 0 Å². The lowest BCUT2D eigenvalue weighted by Gasteiger charge is -2.14. The smallest absolute Gasteiger partial charge is 0.266 e. The van der Waals surface area contributed by atoms with Crippen molar-refractivity contribution in [2.24, 2.45) is 0 Å². The van der Waals surface area contributed by atoms with Crippen molar-refractivity contribution in [3.63, 3.8) is 0 Å². The number of nitrogens with zero attached hydrogens (tertiary/aromatic N) is 6. The van der Waals surface area contributed by atoms with Crippen LogP contribution in [-0.4, -0.2) is 29.3 Å². The highest BCUT2D eigenvalue weighted by molar-refractivity contribution is 9.10. The first-order valence-corrected chi connectivity index (χ1v) is 10.8. The fourth-order valence-electron chi connectivity index (χ4n) is 3.54. The van der Waals surface area contributed by atoms with E-state index in [0.29, 0.717) is 37.5 Å². The lowest BCUT2D eigenvalue weighted by Crippen LogP contribution is -2.25. The van der Waals surface area contributed by atoms with Crippen molar-refractivity contribution >= 4 is 54.3 Å². The summed E-state index contributed by atoms with van der Waals surface area (Å²) < 4.78 is 3.89. The molecule has 4 heterocycles. The number of rotatable bonds is 3. The highest BCUT2D eigenvalue weighted by Crippen LogP contribution is 2.27. The predicted octanol–water partition coefficient (Wildman–Crippen LogP) is 3.60. The zero-order valence-corrected chi connectivity index (χ0v) is 18.5. The number of hydrogen-bond acceptors (Lipinski definition) is 7. The third-order valence-electron chi connectivity index (χ3n) is 4.92. The van der Waals surface area contributed by atoms with E-state index in [1.165, 1.54) is 17.7 Å². The first-order valence-electron chi connectivity index (χ1n) is 9.14. The van der Waals surface area contributed by atoms with Crippen LogP contribution in [0.3, 0.4) is 0 Å². The summed E-state index contributed by atoms with van der Waals surface area (Å²) in [4.78, 5) is 28.4. The molecular formula is C20H16BrN7OS. The van der Waals surface area contributed by atoms with Crippen molar-refractivity contribution in [3.05, 3.63) is 67.9 Å². The second-order valence-electron chi connectivity index (χ2n) is 6.94. The summed E-state index contributed by atoms with van der Waals surface area (Å²) in [6.07, 6.45) is 1.40. The Morgan fingerprint density at radius 3 is 2.80 bits per heavy atom. The average Bonchev–Trinajstić information content (AvgIpc) is 3.24. The Balaban J connectivity index is 1.79. The molecular weight excluding hydrogens is 466 g/mol. The van der Waals surface area contributed by atoms with Crippen LogP contribution in [0.5, 0.6) is 0 Å². The van der Waals surface area contributed by atoms with Gasteiger partial charge in [-0.3, -0.25) is 9.36 Å². The number of halogens is 1. The highest BCUT2D eigenvalue weighted by Gasteiger charge is 2.19. The number of aromatic nitrogens is 6. The zero-order valence-electron chi connectivity index (χ0n) is 16.1. The Morgan fingerprint density at radius 1 is 1.20 bits per heavy atom. The van der Waals surface area contributed by atoms with Crippen LogP contribution >= 0.6 is 27.3 Å². The van der Waals surface area contributed by atoms with Gasteiger partial charge in [-0.2, -0.15) is 5.10 Å². The van der Waals surface area contributed by atoms with Gasteiger partial charge in [0.1, 0.15) is 33.9 Å². The number of anilines is 1. The fourth-order valence-corrected chi connectivity index (χ4v) is 5.00. The fraction of sp³-hybridized carbons (Fsp3) is 0.150. The Labute approximate surface area is 183 Å². The van der Waals surface area contributed by atoms with Crippen molar-refractivity contribution in [2.45, 2.75) is 20.4 Å². The van der Waals surface area contributed by atoms with Crippen LogP contribution in [-0.2, 0) is 6.54 Å². The molecule has 5 rings (SSSR count). The van der Waals surface area contributed by atoms with Gasteiger partial charge in [-0.05, 0) is 47.5 Å². The first-order chi connectivity index (χ1) is 14.4. The van der Waals surface area contributed by atoms with E-state index < -0.39 is 0 Å². The molecule has 0 spiro atoms. The topological polar surface area (TPSA) is 105 Å². The minimum atomic E-state index is -0.0988. The van der Waals surface area contributed by atoms with Gasteiger partial charge in [-0.1, -0.05) is 18.2 Å². The normalized spacial score (nSPS) is 11.6. The molecule has 0 aliphatic rings. The molecule has 150 valence electrons. The molecule has 0 bridgehead atoms. The molecule has 0 radical (unpaired) electrons. The van der Waals surface area contributed by atoms with Crippen LogP contribution in [0.25, 0.3) is 26.9 Å². The second-order valence-corrected chi connectivity index (χ2v) is 8.92. The quantitative estimate of drug-likeness (QED) is 0.422. The predicted molar refractivity (Wildman–Crippen MR) is 121 cm³/mol. The van der Waals surface area contributed by atoms with Gasteiger partial charge >= 0.3 is 0 Å². The molecule has 0 amide bonds. The molecule has 0 aliphatic carbocycles. The van der Waals surface area contributed by atoms with Crippen LogP contribution < -0.4 is 11.3 Å². The molecule has 0 aliphatic heterocycles. The number of para-hydroxylation sites is 1. The minimum Gasteiger partial charge on any atom is -0.383 e. The summed E-state index contributed by atoms with van der Waals surface area (Å²) in [6, 6.07) is 9.64. The van der Waals surface area contributed by atoms with E-state index in [-0.39, 0.29) is 12.1 Å². The highest BCUT2D eigenvalue weighted by atomic mass is 79.9. The van der Waals surface area contributed by atoms with Crippen molar-refractivity contribution in [1.82, 2.24) is 29.3 Å². The third-order valence-corrected chi connectivity index (χ3v) is 6.42. The average molecular weight is 482 g/mol. The van der Waals surface area contributed by atoms with Gasteiger partial charge in [0.25, 0.3) is 5.56 Å². The van der Waals surface area contributed by atoms with Crippen molar-refractivity contribution < 1.29 is 0 Å². The van der Waals surface area contributed by atoms with E-state index in [1.54, 1.807) is 9.25 Å². The van der Waals surface area contributed by atoms with E-state index >= 15 is 0 Å². The monoisotopic (exact) mass is 481 g/mol. The van der Waals surface area contributed by atoms with Gasteiger partial charge in [-0.25, -0.2) is 19.6 Å². The number of fused-ring (bicyclic) bond motifs is 2. The molecule has 4 aromatic heterocycles. The number of hydrogen-bond donors (Lipinski definition) is 1. The molecule has 5 aromatic rings. The molecule has 1 aromatic carbocycles.